The molecule has 2 heterocycles. The average molecular weight is 465 g/mol. The zero-order valence-corrected chi connectivity index (χ0v) is 17.0. The van der Waals surface area contributed by atoms with Crippen molar-refractivity contribution in [2.24, 2.45) is 0 Å². The number of alkyl halides is 3. The number of hydrogen-bond acceptors (Lipinski definition) is 6. The molecular formula is C19H20F5N3O3S. The third-order valence-electron chi connectivity index (χ3n) is 5.30. The molecule has 2 N–H and O–H groups in total. The second-order valence-electron chi connectivity index (χ2n) is 7.58. The molecule has 0 bridgehead atoms. The van der Waals surface area contributed by atoms with Gasteiger partial charge in [0.15, 0.2) is 11.6 Å². The molecule has 1 aliphatic carbocycles. The molecule has 4 rings (SSSR count). The monoisotopic (exact) mass is 465 g/mol. The van der Waals surface area contributed by atoms with E-state index in [9.17, 15) is 26.7 Å². The molecule has 1 saturated carbocycles. The number of aromatic nitrogens is 2. The van der Waals surface area contributed by atoms with Crippen LogP contribution in [0.4, 0.5) is 27.6 Å². The molecule has 1 aromatic carbocycles. The number of halogens is 5. The molecule has 1 saturated heterocycles. The zero-order chi connectivity index (χ0) is 22.2. The Morgan fingerprint density at radius 2 is 1.94 bits per heavy atom. The number of hydrogen-bond donors (Lipinski definition) is 2. The number of ether oxygens (including phenoxy) is 2. The Hall–Kier alpha value is -1.92. The molecule has 0 unspecified atom stereocenters. The Labute approximate surface area is 177 Å². The first-order valence-corrected chi connectivity index (χ1v) is 10.9. The number of thioether (sulfide) groups is 1. The normalized spacial score (nSPS) is 22.5. The Bertz CT molecular complexity index is 1000. The van der Waals surface area contributed by atoms with Gasteiger partial charge < -0.3 is 15.0 Å². The van der Waals surface area contributed by atoms with Gasteiger partial charge in [0.25, 0.3) is 5.56 Å². The maximum atomic E-state index is 14.5. The van der Waals surface area contributed by atoms with Crippen LogP contribution < -0.4 is 10.9 Å². The van der Waals surface area contributed by atoms with Gasteiger partial charge in [-0.3, -0.25) is 9.53 Å². The van der Waals surface area contributed by atoms with Crippen molar-refractivity contribution < 1.29 is 31.4 Å². The van der Waals surface area contributed by atoms with Gasteiger partial charge in [-0.2, -0.15) is 11.8 Å². The first-order chi connectivity index (χ1) is 14.7. The number of anilines is 1. The third-order valence-corrected chi connectivity index (χ3v) is 6.69. The quantitative estimate of drug-likeness (QED) is 0.626. The lowest BCUT2D eigenvalue weighted by Gasteiger charge is -2.36. The van der Waals surface area contributed by atoms with Gasteiger partial charge in [0.2, 0.25) is 0 Å². The lowest BCUT2D eigenvalue weighted by atomic mass is 9.89. The smallest absolute Gasteiger partial charge is 0.381 e. The third kappa shape index (κ3) is 5.29. The number of fused-ring (bicyclic) bond motifs is 1. The van der Waals surface area contributed by atoms with Crippen LogP contribution in [0.2, 0.25) is 0 Å². The highest BCUT2D eigenvalue weighted by Crippen LogP contribution is 2.34. The SMILES string of the molecule is O=c1[nH]c(CSC2CCOCC2)nc2cc(NC3CC(OC(F)(F)F)C3)c(F)c(F)c12. The van der Waals surface area contributed by atoms with Crippen LogP contribution in [-0.4, -0.2) is 46.9 Å². The van der Waals surface area contributed by atoms with Crippen LogP contribution in [0.25, 0.3) is 10.9 Å². The summed E-state index contributed by atoms with van der Waals surface area (Å²) in [6.07, 6.45) is -4.00. The molecule has 12 heteroatoms. The average Bonchev–Trinajstić information content (AvgIpc) is 2.68. The number of nitrogens with zero attached hydrogens (tertiary/aromatic N) is 1. The summed E-state index contributed by atoms with van der Waals surface area (Å²) in [4.78, 5) is 19.1. The molecule has 2 aliphatic rings. The van der Waals surface area contributed by atoms with Crippen molar-refractivity contribution in [2.45, 2.75) is 55.2 Å². The van der Waals surface area contributed by atoms with Crippen molar-refractivity contribution in [3.8, 4) is 0 Å². The summed E-state index contributed by atoms with van der Waals surface area (Å²) in [7, 11) is 0. The molecule has 1 aromatic heterocycles. The summed E-state index contributed by atoms with van der Waals surface area (Å²) in [6.45, 7) is 1.35. The zero-order valence-electron chi connectivity index (χ0n) is 16.2. The minimum atomic E-state index is -4.74. The summed E-state index contributed by atoms with van der Waals surface area (Å²) in [5, 5.41) is 2.56. The van der Waals surface area contributed by atoms with Crippen molar-refractivity contribution in [1.29, 1.82) is 0 Å². The highest BCUT2D eigenvalue weighted by atomic mass is 32.2. The largest absolute Gasteiger partial charge is 0.522 e. The van der Waals surface area contributed by atoms with E-state index in [2.05, 4.69) is 20.0 Å². The molecule has 0 spiro atoms. The predicted octanol–water partition coefficient (Wildman–Crippen LogP) is 4.09. The Kier molecular flexibility index (Phi) is 6.40. The van der Waals surface area contributed by atoms with Crippen molar-refractivity contribution in [3.63, 3.8) is 0 Å². The fourth-order valence-corrected chi connectivity index (χ4v) is 4.74. The van der Waals surface area contributed by atoms with E-state index in [1.807, 2.05) is 0 Å². The van der Waals surface area contributed by atoms with Crippen LogP contribution in [0, 0.1) is 11.6 Å². The number of H-pyrrole nitrogens is 1. The molecule has 1 aliphatic heterocycles. The number of rotatable bonds is 6. The molecule has 6 nitrogen and oxygen atoms in total. The van der Waals surface area contributed by atoms with Gasteiger partial charge in [-0.1, -0.05) is 0 Å². The van der Waals surface area contributed by atoms with Gasteiger partial charge in [-0.15, -0.1) is 13.2 Å². The topological polar surface area (TPSA) is 76.2 Å². The maximum absolute atomic E-state index is 14.5. The summed E-state index contributed by atoms with van der Waals surface area (Å²) in [5.41, 5.74) is -1.05. The predicted molar refractivity (Wildman–Crippen MR) is 105 cm³/mol. The number of aromatic amines is 1. The summed E-state index contributed by atoms with van der Waals surface area (Å²) in [5.74, 6) is -1.88. The molecule has 170 valence electrons. The Balaban J connectivity index is 1.49. The second kappa shape index (κ2) is 8.91. The lowest BCUT2D eigenvalue weighted by molar-refractivity contribution is -0.351. The summed E-state index contributed by atoms with van der Waals surface area (Å²) in [6, 6.07) is 0.702. The molecular weight excluding hydrogens is 445 g/mol. The van der Waals surface area contributed by atoms with Gasteiger partial charge in [-0.05, 0) is 31.7 Å². The first kappa shape index (κ1) is 22.3. The van der Waals surface area contributed by atoms with Gasteiger partial charge >= 0.3 is 6.36 Å². The highest BCUT2D eigenvalue weighted by Gasteiger charge is 2.40. The minimum absolute atomic E-state index is 0.00556. The van der Waals surface area contributed by atoms with E-state index in [0.29, 0.717) is 30.0 Å². The van der Waals surface area contributed by atoms with Crippen LogP contribution in [0.5, 0.6) is 0 Å². The number of benzene rings is 1. The molecule has 0 radical (unpaired) electrons. The maximum Gasteiger partial charge on any atom is 0.522 e. The Morgan fingerprint density at radius 1 is 1.23 bits per heavy atom. The van der Waals surface area contributed by atoms with Crippen molar-refractivity contribution in [2.75, 3.05) is 18.5 Å². The fraction of sp³-hybridized carbons (Fsp3) is 0.579. The van der Waals surface area contributed by atoms with Crippen LogP contribution in [-0.2, 0) is 15.2 Å². The molecule has 0 atom stereocenters. The molecule has 31 heavy (non-hydrogen) atoms. The van der Waals surface area contributed by atoms with Crippen LogP contribution >= 0.6 is 11.8 Å². The van der Waals surface area contributed by atoms with E-state index in [1.165, 1.54) is 6.07 Å². The van der Waals surface area contributed by atoms with E-state index in [0.717, 1.165) is 12.8 Å². The fourth-order valence-electron chi connectivity index (χ4n) is 3.69. The van der Waals surface area contributed by atoms with E-state index in [-0.39, 0.29) is 24.0 Å². The molecule has 0 amide bonds. The number of nitrogens with one attached hydrogen (secondary N) is 2. The summed E-state index contributed by atoms with van der Waals surface area (Å²) >= 11 is 1.61. The summed E-state index contributed by atoms with van der Waals surface area (Å²) < 4.78 is 74.9. The van der Waals surface area contributed by atoms with Crippen LogP contribution in [0.1, 0.15) is 31.5 Å². The van der Waals surface area contributed by atoms with Crippen molar-refractivity contribution in [3.05, 3.63) is 33.9 Å². The van der Waals surface area contributed by atoms with Gasteiger partial charge in [0.1, 0.15) is 11.2 Å². The van der Waals surface area contributed by atoms with E-state index < -0.39 is 41.1 Å². The molecule has 2 aromatic rings. The standard InChI is InChI=1S/C19H20F5N3O3S/c20-16-13(25-9-5-10(6-9)30-19(22,23)24)7-12-15(17(16)21)18(28)27-14(26-12)8-31-11-1-3-29-4-2-11/h7,9-11,25H,1-6,8H2,(H,26,27,28). The van der Waals surface area contributed by atoms with Crippen molar-refractivity contribution in [1.82, 2.24) is 9.97 Å². The van der Waals surface area contributed by atoms with E-state index in [1.54, 1.807) is 11.8 Å². The van der Waals surface area contributed by atoms with Crippen LogP contribution in [0.15, 0.2) is 10.9 Å². The lowest BCUT2D eigenvalue weighted by Crippen LogP contribution is -2.43. The van der Waals surface area contributed by atoms with Crippen LogP contribution in [0.3, 0.4) is 0 Å². The van der Waals surface area contributed by atoms with Crippen molar-refractivity contribution >= 4 is 28.4 Å². The van der Waals surface area contributed by atoms with Gasteiger partial charge in [0.05, 0.1) is 23.1 Å². The minimum Gasteiger partial charge on any atom is -0.381 e. The second-order valence-corrected chi connectivity index (χ2v) is 8.87. The Morgan fingerprint density at radius 3 is 2.61 bits per heavy atom. The van der Waals surface area contributed by atoms with Gasteiger partial charge in [0, 0.05) is 24.5 Å². The highest BCUT2D eigenvalue weighted by molar-refractivity contribution is 7.99. The van der Waals surface area contributed by atoms with E-state index in [4.69, 9.17) is 4.74 Å². The first-order valence-electron chi connectivity index (χ1n) is 9.81. The van der Waals surface area contributed by atoms with E-state index >= 15 is 0 Å². The van der Waals surface area contributed by atoms with Gasteiger partial charge in [-0.25, -0.2) is 13.8 Å². The molecule has 2 fully saturated rings.